The molecule has 1 amide bonds. The highest BCUT2D eigenvalue weighted by Gasteiger charge is 2.23. The van der Waals surface area contributed by atoms with Crippen LogP contribution >= 0.6 is 0 Å². The van der Waals surface area contributed by atoms with Crippen molar-refractivity contribution in [1.82, 2.24) is 25.1 Å². The van der Waals surface area contributed by atoms with E-state index in [0.29, 0.717) is 0 Å². The van der Waals surface area contributed by atoms with Gasteiger partial charge >= 0.3 is 0 Å². The number of hydrogen-bond donors (Lipinski definition) is 2. The number of nitrogens with one attached hydrogen (secondary N) is 2. The Labute approximate surface area is 141 Å². The fourth-order valence-corrected chi connectivity index (χ4v) is 2.76. The summed E-state index contributed by atoms with van der Waals surface area (Å²) in [6.45, 7) is 6.40. The van der Waals surface area contributed by atoms with Gasteiger partial charge in [0.1, 0.15) is 12.4 Å². The molecular formula is C18H23N5O. The molecule has 0 saturated carbocycles. The number of benzene rings is 1. The van der Waals surface area contributed by atoms with Crippen molar-refractivity contribution < 1.29 is 4.79 Å². The summed E-state index contributed by atoms with van der Waals surface area (Å²) in [6.07, 6.45) is 4.56. The number of amides is 1. The van der Waals surface area contributed by atoms with Crippen molar-refractivity contribution >= 4 is 16.9 Å². The van der Waals surface area contributed by atoms with E-state index in [1.807, 2.05) is 37.4 Å². The van der Waals surface area contributed by atoms with Gasteiger partial charge in [-0.2, -0.15) is 5.10 Å². The highest BCUT2D eigenvalue weighted by atomic mass is 16.2. The Bertz CT molecular complexity index is 802. The second kappa shape index (κ2) is 6.86. The molecule has 2 heterocycles. The van der Waals surface area contributed by atoms with Gasteiger partial charge in [-0.15, -0.1) is 0 Å². The van der Waals surface area contributed by atoms with Crippen LogP contribution in [0.25, 0.3) is 11.0 Å². The molecule has 6 heteroatoms. The molecule has 3 aromatic rings. The lowest BCUT2D eigenvalue weighted by molar-refractivity contribution is -0.123. The normalized spacial score (nSPS) is 13.8. The molecule has 2 N–H and O–H groups in total. The van der Waals surface area contributed by atoms with Gasteiger partial charge in [-0.1, -0.05) is 32.4 Å². The summed E-state index contributed by atoms with van der Waals surface area (Å²) in [6, 6.07) is 7.75. The lowest BCUT2D eigenvalue weighted by Crippen LogP contribution is -2.35. The molecule has 0 aliphatic heterocycles. The molecule has 0 aliphatic carbocycles. The van der Waals surface area contributed by atoms with Gasteiger partial charge in [-0.05, 0) is 30.5 Å². The molecule has 0 radical (unpaired) electrons. The molecule has 6 nitrogen and oxygen atoms in total. The predicted molar refractivity (Wildman–Crippen MR) is 93.4 cm³/mol. The summed E-state index contributed by atoms with van der Waals surface area (Å²) in [7, 11) is 0. The second-order valence-electron chi connectivity index (χ2n) is 6.29. The first-order chi connectivity index (χ1) is 11.6. The Morgan fingerprint density at radius 1 is 1.38 bits per heavy atom. The molecule has 2 aromatic heterocycles. The topological polar surface area (TPSA) is 75.6 Å². The van der Waals surface area contributed by atoms with Gasteiger partial charge in [0.15, 0.2) is 0 Å². The largest absolute Gasteiger partial charge is 0.344 e. The van der Waals surface area contributed by atoms with Gasteiger partial charge in [-0.3, -0.25) is 9.48 Å². The Hall–Kier alpha value is -2.63. The van der Waals surface area contributed by atoms with Crippen molar-refractivity contribution in [3.8, 4) is 0 Å². The summed E-state index contributed by atoms with van der Waals surface area (Å²) in [5, 5.41) is 7.28. The first-order valence-electron chi connectivity index (χ1n) is 8.30. The average molecular weight is 325 g/mol. The van der Waals surface area contributed by atoms with Gasteiger partial charge in [0.05, 0.1) is 23.3 Å². The lowest BCUT2D eigenvalue weighted by atomic mass is 9.98. The minimum Gasteiger partial charge on any atom is -0.344 e. The van der Waals surface area contributed by atoms with Gasteiger partial charge in [0, 0.05) is 6.20 Å². The van der Waals surface area contributed by atoms with Crippen molar-refractivity contribution in [1.29, 1.82) is 0 Å². The number of aromatic amines is 1. The number of rotatable bonds is 6. The molecule has 2 atom stereocenters. The second-order valence-corrected chi connectivity index (χ2v) is 6.29. The Balaban J connectivity index is 1.79. The minimum atomic E-state index is -0.147. The van der Waals surface area contributed by atoms with E-state index in [9.17, 15) is 4.79 Å². The summed E-state index contributed by atoms with van der Waals surface area (Å²) in [4.78, 5) is 20.4. The van der Waals surface area contributed by atoms with Crippen molar-refractivity contribution in [3.05, 3.63) is 48.0 Å². The van der Waals surface area contributed by atoms with Crippen LogP contribution in [0.3, 0.4) is 0 Å². The van der Waals surface area contributed by atoms with Gasteiger partial charge in [0.2, 0.25) is 5.91 Å². The van der Waals surface area contributed by atoms with E-state index in [2.05, 4.69) is 34.2 Å². The molecule has 1 aromatic carbocycles. The zero-order chi connectivity index (χ0) is 17.1. The summed E-state index contributed by atoms with van der Waals surface area (Å²) in [5.74, 6) is 1.01. The fourth-order valence-electron chi connectivity index (χ4n) is 2.76. The van der Waals surface area contributed by atoms with E-state index in [-0.39, 0.29) is 24.4 Å². The van der Waals surface area contributed by atoms with Crippen LogP contribution in [0.15, 0.2) is 36.7 Å². The van der Waals surface area contributed by atoms with Crippen LogP contribution in [0.2, 0.25) is 0 Å². The monoisotopic (exact) mass is 325 g/mol. The van der Waals surface area contributed by atoms with Crippen molar-refractivity contribution in [2.45, 2.75) is 39.8 Å². The van der Waals surface area contributed by atoms with Crippen molar-refractivity contribution in [3.63, 3.8) is 0 Å². The first-order valence-corrected chi connectivity index (χ1v) is 8.30. The quantitative estimate of drug-likeness (QED) is 0.731. The lowest BCUT2D eigenvalue weighted by Gasteiger charge is -2.22. The van der Waals surface area contributed by atoms with E-state index >= 15 is 0 Å². The van der Waals surface area contributed by atoms with Gasteiger partial charge in [0.25, 0.3) is 0 Å². The molecule has 0 aliphatic rings. The number of carbonyl (C=O) groups excluding carboxylic acids is 1. The predicted octanol–water partition coefficient (Wildman–Crippen LogP) is 2.97. The maximum Gasteiger partial charge on any atom is 0.242 e. The van der Waals surface area contributed by atoms with Crippen LogP contribution in [0.5, 0.6) is 0 Å². The van der Waals surface area contributed by atoms with E-state index in [1.54, 1.807) is 10.9 Å². The number of H-pyrrole nitrogens is 1. The Morgan fingerprint density at radius 2 is 2.17 bits per heavy atom. The number of imidazole rings is 1. The molecule has 0 unspecified atom stereocenters. The van der Waals surface area contributed by atoms with E-state index in [4.69, 9.17) is 0 Å². The van der Waals surface area contributed by atoms with Crippen LogP contribution in [-0.2, 0) is 11.3 Å². The van der Waals surface area contributed by atoms with Crippen LogP contribution in [0.4, 0.5) is 0 Å². The van der Waals surface area contributed by atoms with E-state index in [1.165, 1.54) is 0 Å². The van der Waals surface area contributed by atoms with Crippen LogP contribution in [-0.4, -0.2) is 25.7 Å². The fraction of sp³-hybridized carbons (Fsp3) is 0.389. The highest BCUT2D eigenvalue weighted by Crippen LogP contribution is 2.24. The molecule has 24 heavy (non-hydrogen) atoms. The van der Waals surface area contributed by atoms with Gasteiger partial charge < -0.3 is 10.3 Å². The number of aryl methyl sites for hydroxylation is 1. The third kappa shape index (κ3) is 3.48. The maximum atomic E-state index is 12.4. The molecule has 126 valence electrons. The summed E-state index contributed by atoms with van der Waals surface area (Å²) >= 11 is 0. The maximum absolute atomic E-state index is 12.4. The van der Waals surface area contributed by atoms with Crippen molar-refractivity contribution in [2.75, 3.05) is 0 Å². The summed E-state index contributed by atoms with van der Waals surface area (Å²) in [5.41, 5.74) is 2.94. The van der Waals surface area contributed by atoms with E-state index in [0.717, 1.165) is 28.8 Å². The third-order valence-electron chi connectivity index (χ3n) is 4.30. The molecule has 0 spiro atoms. The van der Waals surface area contributed by atoms with Crippen molar-refractivity contribution in [2.24, 2.45) is 5.92 Å². The molecule has 0 bridgehead atoms. The van der Waals surface area contributed by atoms with E-state index < -0.39 is 0 Å². The zero-order valence-electron chi connectivity index (χ0n) is 14.3. The molecule has 0 fully saturated rings. The number of carbonyl (C=O) groups is 1. The molecular weight excluding hydrogens is 302 g/mol. The smallest absolute Gasteiger partial charge is 0.242 e. The van der Waals surface area contributed by atoms with Crippen LogP contribution in [0, 0.1) is 12.8 Å². The van der Waals surface area contributed by atoms with Crippen LogP contribution < -0.4 is 5.32 Å². The number of hydrogen-bond acceptors (Lipinski definition) is 3. The first kappa shape index (κ1) is 16.2. The summed E-state index contributed by atoms with van der Waals surface area (Å²) < 4.78 is 1.65. The number of fused-ring (bicyclic) bond motifs is 1. The number of para-hydroxylation sites is 2. The Kier molecular flexibility index (Phi) is 4.64. The zero-order valence-corrected chi connectivity index (χ0v) is 14.3. The molecule has 3 rings (SSSR count). The average Bonchev–Trinajstić information content (AvgIpc) is 3.17. The third-order valence-corrected chi connectivity index (χ3v) is 4.30. The molecule has 0 saturated heterocycles. The van der Waals surface area contributed by atoms with Crippen LogP contribution in [0.1, 0.15) is 37.7 Å². The number of aromatic nitrogens is 4. The Morgan fingerprint density at radius 3 is 2.83 bits per heavy atom. The van der Waals surface area contributed by atoms with Gasteiger partial charge in [-0.25, -0.2) is 4.98 Å². The highest BCUT2D eigenvalue weighted by molar-refractivity contribution is 5.77. The minimum absolute atomic E-state index is 0.0659. The SMILES string of the molecule is CC[C@@H](C)[C@@H](NC(=O)Cn1cc(C)cn1)c1nc2ccccc2[nH]1. The standard InChI is InChI=1S/C18H23N5O/c1-4-13(3)17(18-20-14-7-5-6-8-15(14)21-18)22-16(24)11-23-10-12(2)9-19-23/h5-10,13,17H,4,11H2,1-3H3,(H,20,21)(H,22,24)/t13-,17-/m1/s1. The number of nitrogens with zero attached hydrogens (tertiary/aromatic N) is 3.